The van der Waals surface area contributed by atoms with Gasteiger partial charge >= 0.3 is 0 Å². The summed E-state index contributed by atoms with van der Waals surface area (Å²) in [6.45, 7) is 11.1. The van der Waals surface area contributed by atoms with Gasteiger partial charge in [0.15, 0.2) is 0 Å². The minimum Gasteiger partial charge on any atom is -0.256 e. The van der Waals surface area contributed by atoms with Crippen molar-refractivity contribution < 1.29 is 0 Å². The molecule has 0 aliphatic heterocycles. The Morgan fingerprint density at radius 3 is 2.16 bits per heavy atom. The van der Waals surface area contributed by atoms with E-state index in [4.69, 9.17) is 0 Å². The lowest BCUT2D eigenvalue weighted by Crippen LogP contribution is -2.10. The molecule has 0 N–H and O–H groups in total. The second kappa shape index (κ2) is 5.16. The molecule has 1 heterocycles. The third-order valence-electron chi connectivity index (χ3n) is 3.29. The zero-order valence-corrected chi connectivity index (χ0v) is 12.6. The lowest BCUT2D eigenvalue weighted by atomic mass is 9.87. The first kappa shape index (κ1) is 13.8. The van der Waals surface area contributed by atoms with E-state index in [0.29, 0.717) is 5.41 Å². The first-order valence-electron chi connectivity index (χ1n) is 6.88. The van der Waals surface area contributed by atoms with Crippen molar-refractivity contribution in [3.8, 4) is 11.3 Å². The zero-order chi connectivity index (χ0) is 14.0. The molecule has 0 saturated heterocycles. The van der Waals surface area contributed by atoms with Crippen LogP contribution >= 0.6 is 0 Å². The second-order valence-electron chi connectivity index (χ2n) is 6.60. The van der Waals surface area contributed by atoms with Gasteiger partial charge in [-0.25, -0.2) is 0 Å². The summed E-state index contributed by atoms with van der Waals surface area (Å²) in [7, 11) is 0. The molecule has 0 unspecified atom stereocenters. The van der Waals surface area contributed by atoms with Crippen LogP contribution in [-0.2, 0) is 6.42 Å². The average molecular weight is 253 g/mol. The van der Waals surface area contributed by atoms with Gasteiger partial charge in [-0.3, -0.25) is 4.98 Å². The van der Waals surface area contributed by atoms with Crippen LogP contribution in [-0.4, -0.2) is 4.98 Å². The van der Waals surface area contributed by atoms with Gasteiger partial charge in [0.05, 0.1) is 5.69 Å². The number of nitrogens with zero attached hydrogens (tertiary/aromatic N) is 1. The Bertz CT molecular complexity index is 559. The third kappa shape index (κ3) is 3.66. The van der Waals surface area contributed by atoms with Crippen LogP contribution in [0.2, 0.25) is 0 Å². The normalized spacial score (nSPS) is 11.6. The van der Waals surface area contributed by atoms with Gasteiger partial charge in [0.2, 0.25) is 0 Å². The van der Waals surface area contributed by atoms with Gasteiger partial charge in [0.1, 0.15) is 0 Å². The third-order valence-corrected chi connectivity index (χ3v) is 3.29. The van der Waals surface area contributed by atoms with Crippen molar-refractivity contribution >= 4 is 0 Å². The van der Waals surface area contributed by atoms with Gasteiger partial charge in [-0.1, -0.05) is 50.6 Å². The Labute approximate surface area is 116 Å². The monoisotopic (exact) mass is 253 g/mol. The quantitative estimate of drug-likeness (QED) is 0.737. The maximum absolute atomic E-state index is 4.62. The highest BCUT2D eigenvalue weighted by atomic mass is 14.7. The van der Waals surface area contributed by atoms with E-state index >= 15 is 0 Å². The molecule has 1 aromatic heterocycles. The Kier molecular flexibility index (Phi) is 3.75. The molecule has 0 bridgehead atoms. The minimum absolute atomic E-state index is 0.303. The predicted molar refractivity (Wildman–Crippen MR) is 82.3 cm³/mol. The van der Waals surface area contributed by atoms with Gasteiger partial charge in [-0.15, -0.1) is 0 Å². The SMILES string of the molecule is Cc1ccc(-c2cc(C)c(CC(C)(C)C)cn2)cc1. The highest BCUT2D eigenvalue weighted by Crippen LogP contribution is 2.25. The molecule has 100 valence electrons. The first-order chi connectivity index (χ1) is 8.85. The zero-order valence-electron chi connectivity index (χ0n) is 12.6. The van der Waals surface area contributed by atoms with Crippen LogP contribution in [0.15, 0.2) is 36.5 Å². The topological polar surface area (TPSA) is 12.9 Å². The summed E-state index contributed by atoms with van der Waals surface area (Å²) < 4.78 is 0. The molecule has 0 spiro atoms. The summed E-state index contributed by atoms with van der Waals surface area (Å²) in [5.74, 6) is 0. The van der Waals surface area contributed by atoms with Gasteiger partial charge in [-0.2, -0.15) is 0 Å². The minimum atomic E-state index is 0.303. The highest BCUT2D eigenvalue weighted by Gasteiger charge is 2.13. The summed E-state index contributed by atoms with van der Waals surface area (Å²) in [5, 5.41) is 0. The van der Waals surface area contributed by atoms with Crippen LogP contribution in [0.3, 0.4) is 0 Å². The highest BCUT2D eigenvalue weighted by molar-refractivity contribution is 5.60. The van der Waals surface area contributed by atoms with Crippen molar-refractivity contribution in [2.24, 2.45) is 5.41 Å². The molecule has 0 saturated carbocycles. The molecule has 0 fully saturated rings. The van der Waals surface area contributed by atoms with Crippen molar-refractivity contribution in [3.63, 3.8) is 0 Å². The summed E-state index contributed by atoms with van der Waals surface area (Å²) in [4.78, 5) is 4.62. The molecule has 2 aromatic rings. The van der Waals surface area contributed by atoms with Crippen molar-refractivity contribution in [1.82, 2.24) is 4.98 Å². The molecule has 0 aliphatic carbocycles. The molecule has 1 heteroatoms. The van der Waals surface area contributed by atoms with E-state index < -0.39 is 0 Å². The molecule has 2 rings (SSSR count). The maximum Gasteiger partial charge on any atom is 0.0704 e. The van der Waals surface area contributed by atoms with Crippen LogP contribution in [0.1, 0.15) is 37.5 Å². The van der Waals surface area contributed by atoms with Crippen molar-refractivity contribution in [2.75, 3.05) is 0 Å². The number of hydrogen-bond donors (Lipinski definition) is 0. The van der Waals surface area contributed by atoms with Crippen molar-refractivity contribution in [1.29, 1.82) is 0 Å². The smallest absolute Gasteiger partial charge is 0.0704 e. The van der Waals surface area contributed by atoms with Gasteiger partial charge in [-0.05, 0) is 42.9 Å². The largest absolute Gasteiger partial charge is 0.256 e. The van der Waals surface area contributed by atoms with E-state index in [0.717, 1.165) is 12.1 Å². The number of rotatable bonds is 2. The van der Waals surface area contributed by atoms with Crippen molar-refractivity contribution in [2.45, 2.75) is 41.0 Å². The number of benzene rings is 1. The van der Waals surface area contributed by atoms with Crippen LogP contribution in [0.25, 0.3) is 11.3 Å². The fourth-order valence-corrected chi connectivity index (χ4v) is 2.22. The summed E-state index contributed by atoms with van der Waals surface area (Å²) in [6.07, 6.45) is 3.11. The molecule has 0 aliphatic rings. The Hall–Kier alpha value is -1.63. The Morgan fingerprint density at radius 2 is 1.63 bits per heavy atom. The molecule has 0 radical (unpaired) electrons. The van der Waals surface area contributed by atoms with Crippen LogP contribution in [0.5, 0.6) is 0 Å². The van der Waals surface area contributed by atoms with E-state index in [1.165, 1.54) is 22.3 Å². The number of pyridine rings is 1. The van der Waals surface area contributed by atoms with Gasteiger partial charge < -0.3 is 0 Å². The fourth-order valence-electron chi connectivity index (χ4n) is 2.22. The molecule has 1 aromatic carbocycles. The number of aryl methyl sites for hydroxylation is 2. The Morgan fingerprint density at radius 1 is 1.00 bits per heavy atom. The number of aromatic nitrogens is 1. The van der Waals surface area contributed by atoms with Gasteiger partial charge in [0, 0.05) is 11.8 Å². The van der Waals surface area contributed by atoms with E-state index in [1.54, 1.807) is 0 Å². The second-order valence-corrected chi connectivity index (χ2v) is 6.60. The predicted octanol–water partition coefficient (Wildman–Crippen LogP) is 4.95. The fraction of sp³-hybridized carbons (Fsp3) is 0.389. The lowest BCUT2D eigenvalue weighted by Gasteiger charge is -2.19. The lowest BCUT2D eigenvalue weighted by molar-refractivity contribution is 0.410. The summed E-state index contributed by atoms with van der Waals surface area (Å²) >= 11 is 0. The summed E-state index contributed by atoms with van der Waals surface area (Å²) in [6, 6.07) is 10.7. The van der Waals surface area contributed by atoms with E-state index in [-0.39, 0.29) is 0 Å². The molecular formula is C18H23N. The molecular weight excluding hydrogens is 230 g/mol. The molecule has 0 amide bonds. The van der Waals surface area contributed by atoms with Crippen LogP contribution < -0.4 is 0 Å². The van der Waals surface area contributed by atoms with Crippen LogP contribution in [0.4, 0.5) is 0 Å². The maximum atomic E-state index is 4.62. The number of hydrogen-bond acceptors (Lipinski definition) is 1. The average Bonchev–Trinajstić information content (AvgIpc) is 2.31. The van der Waals surface area contributed by atoms with Gasteiger partial charge in [0.25, 0.3) is 0 Å². The molecule has 0 atom stereocenters. The standard InChI is InChI=1S/C18H23N/c1-13-6-8-15(9-7-13)17-10-14(2)16(12-19-17)11-18(3,4)5/h6-10,12H,11H2,1-5H3. The van der Waals surface area contributed by atoms with E-state index in [9.17, 15) is 0 Å². The van der Waals surface area contributed by atoms with E-state index in [2.05, 4.69) is 69.9 Å². The summed E-state index contributed by atoms with van der Waals surface area (Å²) in [5.41, 5.74) is 6.53. The Balaban J connectivity index is 2.31. The molecule has 19 heavy (non-hydrogen) atoms. The first-order valence-corrected chi connectivity index (χ1v) is 6.88. The molecule has 1 nitrogen and oxygen atoms in total. The van der Waals surface area contributed by atoms with Crippen molar-refractivity contribution in [3.05, 3.63) is 53.2 Å². The van der Waals surface area contributed by atoms with Crippen LogP contribution in [0, 0.1) is 19.3 Å². The van der Waals surface area contributed by atoms with E-state index in [1.807, 2.05) is 6.20 Å².